The van der Waals surface area contributed by atoms with Crippen LogP contribution in [0.2, 0.25) is 0 Å². The van der Waals surface area contributed by atoms with Gasteiger partial charge in [-0.05, 0) is 68.8 Å². The second-order valence-electron chi connectivity index (χ2n) is 6.59. The van der Waals surface area contributed by atoms with Crippen LogP contribution in [0.5, 0.6) is 0 Å². The van der Waals surface area contributed by atoms with Crippen molar-refractivity contribution in [1.29, 1.82) is 0 Å². The highest BCUT2D eigenvalue weighted by Crippen LogP contribution is 2.38. The van der Waals surface area contributed by atoms with E-state index in [1.165, 1.54) is 61.9 Å². The van der Waals surface area contributed by atoms with E-state index in [2.05, 4.69) is 35.3 Å². The van der Waals surface area contributed by atoms with Gasteiger partial charge in [-0.3, -0.25) is 0 Å². The summed E-state index contributed by atoms with van der Waals surface area (Å²) in [7, 11) is 2.02. The zero-order valence-corrected chi connectivity index (χ0v) is 13.0. The molecule has 1 aromatic rings. The summed E-state index contributed by atoms with van der Waals surface area (Å²) < 4.78 is 0. The molecular formula is C18H28N2. The molecule has 0 spiro atoms. The fraction of sp³-hybridized carbons (Fsp3) is 0.667. The first-order valence-corrected chi connectivity index (χ1v) is 8.30. The first-order valence-electron chi connectivity index (χ1n) is 8.30. The van der Waals surface area contributed by atoms with Crippen LogP contribution in [0.1, 0.15) is 49.7 Å². The summed E-state index contributed by atoms with van der Waals surface area (Å²) in [6.07, 6.45) is 8.60. The topological polar surface area (TPSA) is 15.3 Å². The van der Waals surface area contributed by atoms with E-state index in [1.807, 2.05) is 7.05 Å². The quantitative estimate of drug-likeness (QED) is 0.895. The average Bonchev–Trinajstić information content (AvgIpc) is 3.11. The lowest BCUT2D eigenvalue weighted by atomic mass is 9.95. The van der Waals surface area contributed by atoms with Gasteiger partial charge in [-0.2, -0.15) is 0 Å². The van der Waals surface area contributed by atoms with Gasteiger partial charge in [0.25, 0.3) is 0 Å². The van der Waals surface area contributed by atoms with Crippen LogP contribution >= 0.6 is 0 Å². The smallest absolute Gasteiger partial charge is 0.0371 e. The SMILES string of the molecule is CNCc1ccc(N2CCCC2C2CCCC2)cc1C. The van der Waals surface area contributed by atoms with Gasteiger partial charge in [0.05, 0.1) is 0 Å². The summed E-state index contributed by atoms with van der Waals surface area (Å²) in [5, 5.41) is 3.25. The summed E-state index contributed by atoms with van der Waals surface area (Å²) >= 11 is 0. The fourth-order valence-corrected chi connectivity index (χ4v) is 4.19. The lowest BCUT2D eigenvalue weighted by Gasteiger charge is -2.31. The van der Waals surface area contributed by atoms with E-state index in [-0.39, 0.29) is 0 Å². The van der Waals surface area contributed by atoms with Gasteiger partial charge in [0, 0.05) is 24.8 Å². The van der Waals surface area contributed by atoms with Gasteiger partial charge < -0.3 is 10.2 Å². The Morgan fingerprint density at radius 1 is 1.15 bits per heavy atom. The molecule has 2 fully saturated rings. The second-order valence-corrected chi connectivity index (χ2v) is 6.59. The second kappa shape index (κ2) is 6.17. The summed E-state index contributed by atoms with van der Waals surface area (Å²) in [5.41, 5.74) is 4.30. The number of hydrogen-bond donors (Lipinski definition) is 1. The molecule has 1 saturated carbocycles. The van der Waals surface area contributed by atoms with Crippen molar-refractivity contribution in [3.63, 3.8) is 0 Å². The van der Waals surface area contributed by atoms with Crippen molar-refractivity contribution in [3.8, 4) is 0 Å². The summed E-state index contributed by atoms with van der Waals surface area (Å²) in [5.74, 6) is 0.954. The molecule has 20 heavy (non-hydrogen) atoms. The number of nitrogens with one attached hydrogen (secondary N) is 1. The molecule has 1 atom stereocenters. The van der Waals surface area contributed by atoms with Crippen LogP contribution in [0, 0.1) is 12.8 Å². The van der Waals surface area contributed by atoms with Gasteiger partial charge in [-0.1, -0.05) is 18.9 Å². The van der Waals surface area contributed by atoms with Crippen LogP contribution in [0.4, 0.5) is 5.69 Å². The molecule has 0 aromatic heterocycles. The number of rotatable bonds is 4. The Morgan fingerprint density at radius 3 is 2.65 bits per heavy atom. The first-order chi connectivity index (χ1) is 9.79. The molecule has 3 rings (SSSR count). The zero-order chi connectivity index (χ0) is 13.9. The molecule has 2 aliphatic rings. The minimum Gasteiger partial charge on any atom is -0.368 e. The Kier molecular flexibility index (Phi) is 4.30. The molecule has 0 radical (unpaired) electrons. The number of anilines is 1. The molecule has 110 valence electrons. The molecule has 1 saturated heterocycles. The van der Waals surface area contributed by atoms with Crippen LogP contribution in [0.25, 0.3) is 0 Å². The highest BCUT2D eigenvalue weighted by Gasteiger charge is 2.33. The van der Waals surface area contributed by atoms with Crippen molar-refractivity contribution < 1.29 is 0 Å². The molecule has 1 N–H and O–H groups in total. The summed E-state index contributed by atoms with van der Waals surface area (Å²) in [6.45, 7) is 4.47. The molecular weight excluding hydrogens is 244 g/mol. The lowest BCUT2D eigenvalue weighted by Crippen LogP contribution is -2.34. The van der Waals surface area contributed by atoms with E-state index >= 15 is 0 Å². The van der Waals surface area contributed by atoms with Crippen LogP contribution in [-0.4, -0.2) is 19.6 Å². The monoisotopic (exact) mass is 272 g/mol. The maximum atomic E-state index is 3.25. The van der Waals surface area contributed by atoms with Crippen molar-refractivity contribution in [1.82, 2.24) is 5.32 Å². The largest absolute Gasteiger partial charge is 0.368 e. The molecule has 0 bridgehead atoms. The van der Waals surface area contributed by atoms with Crippen molar-refractivity contribution in [2.75, 3.05) is 18.5 Å². The molecule has 2 heteroatoms. The zero-order valence-electron chi connectivity index (χ0n) is 13.0. The summed E-state index contributed by atoms with van der Waals surface area (Å²) in [4.78, 5) is 2.70. The molecule has 0 amide bonds. The number of aryl methyl sites for hydroxylation is 1. The van der Waals surface area contributed by atoms with E-state index in [4.69, 9.17) is 0 Å². The van der Waals surface area contributed by atoms with E-state index in [0.717, 1.165) is 18.5 Å². The fourth-order valence-electron chi connectivity index (χ4n) is 4.19. The van der Waals surface area contributed by atoms with Gasteiger partial charge in [0.15, 0.2) is 0 Å². The number of nitrogens with zero attached hydrogens (tertiary/aromatic N) is 1. The Balaban J connectivity index is 1.78. The van der Waals surface area contributed by atoms with Crippen molar-refractivity contribution >= 4 is 5.69 Å². The Hall–Kier alpha value is -1.02. The van der Waals surface area contributed by atoms with Crippen molar-refractivity contribution in [2.24, 2.45) is 5.92 Å². The van der Waals surface area contributed by atoms with Crippen molar-refractivity contribution in [2.45, 2.75) is 58.0 Å². The van der Waals surface area contributed by atoms with Crippen LogP contribution in [-0.2, 0) is 6.54 Å². The lowest BCUT2D eigenvalue weighted by molar-refractivity contribution is 0.431. The Labute approximate surface area is 123 Å². The third-order valence-electron chi connectivity index (χ3n) is 5.27. The molecule has 1 aliphatic heterocycles. The molecule has 1 heterocycles. The standard InChI is InChI=1S/C18H28N2/c1-14-12-17(10-9-16(14)13-19-2)20-11-5-8-18(20)15-6-3-4-7-15/h9-10,12,15,18-19H,3-8,11,13H2,1-2H3. The van der Waals surface area contributed by atoms with Crippen LogP contribution < -0.4 is 10.2 Å². The van der Waals surface area contributed by atoms with Gasteiger partial charge in [-0.15, -0.1) is 0 Å². The van der Waals surface area contributed by atoms with E-state index in [1.54, 1.807) is 0 Å². The molecule has 1 aliphatic carbocycles. The molecule has 1 aromatic carbocycles. The van der Waals surface area contributed by atoms with Gasteiger partial charge in [0.2, 0.25) is 0 Å². The molecule has 1 unspecified atom stereocenters. The van der Waals surface area contributed by atoms with Crippen molar-refractivity contribution in [3.05, 3.63) is 29.3 Å². The third-order valence-corrected chi connectivity index (χ3v) is 5.27. The predicted molar refractivity (Wildman–Crippen MR) is 86.3 cm³/mol. The maximum Gasteiger partial charge on any atom is 0.0371 e. The van der Waals surface area contributed by atoms with Gasteiger partial charge >= 0.3 is 0 Å². The minimum absolute atomic E-state index is 0.812. The summed E-state index contributed by atoms with van der Waals surface area (Å²) in [6, 6.07) is 7.87. The van der Waals surface area contributed by atoms with Crippen LogP contribution in [0.3, 0.4) is 0 Å². The highest BCUT2D eigenvalue weighted by molar-refractivity contribution is 5.52. The minimum atomic E-state index is 0.812. The third kappa shape index (κ3) is 2.71. The highest BCUT2D eigenvalue weighted by atomic mass is 15.2. The Bertz CT molecular complexity index is 449. The number of benzene rings is 1. The first kappa shape index (κ1) is 13.9. The average molecular weight is 272 g/mol. The van der Waals surface area contributed by atoms with E-state index < -0.39 is 0 Å². The van der Waals surface area contributed by atoms with E-state index in [9.17, 15) is 0 Å². The predicted octanol–water partition coefficient (Wildman–Crippen LogP) is 3.87. The van der Waals surface area contributed by atoms with E-state index in [0.29, 0.717) is 0 Å². The van der Waals surface area contributed by atoms with Crippen LogP contribution in [0.15, 0.2) is 18.2 Å². The maximum absolute atomic E-state index is 3.25. The Morgan fingerprint density at radius 2 is 1.95 bits per heavy atom. The van der Waals surface area contributed by atoms with Gasteiger partial charge in [-0.25, -0.2) is 0 Å². The van der Waals surface area contributed by atoms with Gasteiger partial charge in [0.1, 0.15) is 0 Å². The normalized spacial score (nSPS) is 23.7. The molecule has 2 nitrogen and oxygen atoms in total. The number of hydrogen-bond acceptors (Lipinski definition) is 2.